The maximum Gasteiger partial charge on any atom is 0.268 e. The Balaban J connectivity index is 1.10. The largest absolute Gasteiger partial charge is 0.351 e. The molecule has 1 fully saturated rings. The number of aryl methyl sites for hydroxylation is 1. The van der Waals surface area contributed by atoms with Gasteiger partial charge in [-0.15, -0.1) is 0 Å². The molecular weight excluding hydrogens is 577 g/mol. The molecule has 3 atom stereocenters. The molecule has 0 radical (unpaired) electrons. The first-order valence-corrected chi connectivity index (χ1v) is 16.1. The zero-order valence-electron chi connectivity index (χ0n) is 24.5. The van der Waals surface area contributed by atoms with Gasteiger partial charge in [0, 0.05) is 37.1 Å². The van der Waals surface area contributed by atoms with Crippen molar-refractivity contribution in [1.29, 1.82) is 0 Å². The van der Waals surface area contributed by atoms with Crippen molar-refractivity contribution in [2.75, 3.05) is 26.2 Å². The van der Waals surface area contributed by atoms with Crippen molar-refractivity contribution in [3.05, 3.63) is 95.7 Å². The van der Waals surface area contributed by atoms with Crippen molar-refractivity contribution in [2.24, 2.45) is 7.05 Å². The molecule has 3 unspecified atom stereocenters. The molecule has 1 aliphatic heterocycles. The van der Waals surface area contributed by atoms with Crippen molar-refractivity contribution in [1.82, 2.24) is 20.1 Å². The zero-order valence-corrected chi connectivity index (χ0v) is 26.8. The second-order valence-corrected chi connectivity index (χ2v) is 14.6. The standard InChI is InChI=1S/C34H39FN4O2P2/c1-38-29-15-7-2-10-23(29)20-30(38)31(40)37-24-16-19-39(21-24)18-9-8-17-33(32(41)36-22-34(35,42)43)27-13-5-3-11-25(27)26-12-4-6-14-28(26)33/h2-7,10-15,20,24H,8-9,16-19,21-22,42-43H2,1H3,(H,36,41)(H,37,40). The summed E-state index contributed by atoms with van der Waals surface area (Å²) in [4.78, 5) is 29.5. The number of likely N-dealkylation sites (tertiary alicyclic amines) is 1. The van der Waals surface area contributed by atoms with Gasteiger partial charge < -0.3 is 20.1 Å². The van der Waals surface area contributed by atoms with Gasteiger partial charge in [0.1, 0.15) is 11.1 Å². The molecule has 1 aliphatic carbocycles. The molecule has 1 saturated heterocycles. The van der Waals surface area contributed by atoms with Crippen LogP contribution >= 0.6 is 18.5 Å². The fraction of sp³-hybridized carbons (Fsp3) is 0.353. The van der Waals surface area contributed by atoms with E-state index < -0.39 is 10.6 Å². The highest BCUT2D eigenvalue weighted by molar-refractivity contribution is 7.39. The molecule has 2 N–H and O–H groups in total. The minimum atomic E-state index is -1.66. The summed E-state index contributed by atoms with van der Waals surface area (Å²) in [6, 6.07) is 26.3. The summed E-state index contributed by atoms with van der Waals surface area (Å²) in [5.41, 5.74) is 4.97. The molecule has 1 aromatic heterocycles. The van der Waals surface area contributed by atoms with E-state index in [4.69, 9.17) is 0 Å². The fourth-order valence-electron chi connectivity index (χ4n) is 6.96. The number of nitrogens with zero attached hydrogens (tertiary/aromatic N) is 2. The number of alkyl halides is 1. The van der Waals surface area contributed by atoms with Crippen LogP contribution in [0.4, 0.5) is 4.39 Å². The molecule has 3 aromatic carbocycles. The molecule has 0 spiro atoms. The Morgan fingerprint density at radius 3 is 2.30 bits per heavy atom. The van der Waals surface area contributed by atoms with Gasteiger partial charge in [0.25, 0.3) is 5.91 Å². The number of rotatable bonds is 10. The van der Waals surface area contributed by atoms with Gasteiger partial charge in [0.15, 0.2) is 5.15 Å². The van der Waals surface area contributed by atoms with Gasteiger partial charge >= 0.3 is 0 Å². The van der Waals surface area contributed by atoms with Gasteiger partial charge in [0.05, 0.1) is 6.54 Å². The van der Waals surface area contributed by atoms with E-state index in [1.165, 1.54) is 0 Å². The number of carbonyl (C=O) groups excluding carboxylic acids is 2. The maximum atomic E-state index is 14.4. The van der Waals surface area contributed by atoms with E-state index in [1.54, 1.807) is 0 Å². The molecule has 43 heavy (non-hydrogen) atoms. The lowest BCUT2D eigenvalue weighted by Gasteiger charge is -2.32. The summed E-state index contributed by atoms with van der Waals surface area (Å²) in [5, 5.41) is 5.55. The number of hydrogen-bond acceptors (Lipinski definition) is 3. The van der Waals surface area contributed by atoms with Crippen LogP contribution in [-0.4, -0.2) is 58.7 Å². The van der Waals surface area contributed by atoms with E-state index >= 15 is 0 Å². The first-order chi connectivity index (χ1) is 20.7. The quantitative estimate of drug-likeness (QED) is 0.180. The number of benzene rings is 3. The monoisotopic (exact) mass is 616 g/mol. The van der Waals surface area contributed by atoms with Crippen molar-refractivity contribution < 1.29 is 14.0 Å². The van der Waals surface area contributed by atoms with E-state index in [0.717, 1.165) is 72.1 Å². The molecule has 0 bridgehead atoms. The number of para-hydroxylation sites is 1. The highest BCUT2D eigenvalue weighted by Crippen LogP contribution is 2.51. The van der Waals surface area contributed by atoms with Crippen LogP contribution in [0.5, 0.6) is 0 Å². The van der Waals surface area contributed by atoms with E-state index in [2.05, 4.69) is 46.1 Å². The maximum absolute atomic E-state index is 14.4. The molecule has 0 saturated carbocycles. The van der Waals surface area contributed by atoms with Gasteiger partial charge in [-0.05, 0) is 60.2 Å². The summed E-state index contributed by atoms with van der Waals surface area (Å²) in [5.74, 6) is -0.195. The van der Waals surface area contributed by atoms with Gasteiger partial charge in [0.2, 0.25) is 5.91 Å². The van der Waals surface area contributed by atoms with Gasteiger partial charge in [-0.2, -0.15) is 0 Å². The van der Waals surface area contributed by atoms with E-state index in [-0.39, 0.29) is 24.4 Å². The predicted octanol–water partition coefficient (Wildman–Crippen LogP) is 5.61. The van der Waals surface area contributed by atoms with E-state index in [0.29, 0.717) is 12.1 Å². The molecule has 2 aliphatic rings. The minimum Gasteiger partial charge on any atom is -0.351 e. The fourth-order valence-corrected chi connectivity index (χ4v) is 7.17. The highest BCUT2D eigenvalue weighted by atomic mass is 31.1. The number of unbranched alkanes of at least 4 members (excludes halogenated alkanes) is 1. The van der Waals surface area contributed by atoms with Crippen LogP contribution in [0.3, 0.4) is 0 Å². The van der Waals surface area contributed by atoms with Crippen LogP contribution < -0.4 is 10.6 Å². The molecular formula is C34H39FN4O2P2. The number of carbonyl (C=O) groups is 2. The van der Waals surface area contributed by atoms with Crippen molar-refractivity contribution in [3.8, 4) is 11.1 Å². The summed E-state index contributed by atoms with van der Waals surface area (Å²) in [6.45, 7) is 2.53. The number of fused-ring (bicyclic) bond motifs is 4. The molecule has 4 aromatic rings. The zero-order chi connectivity index (χ0) is 30.2. The number of nitrogens with one attached hydrogen (secondary N) is 2. The Hall–Kier alpha value is -3.11. The Bertz CT molecular complexity index is 1620. The molecule has 6 rings (SSSR count). The Morgan fingerprint density at radius 2 is 1.63 bits per heavy atom. The van der Waals surface area contributed by atoms with Crippen LogP contribution in [-0.2, 0) is 17.3 Å². The lowest BCUT2D eigenvalue weighted by atomic mass is 9.73. The SMILES string of the molecule is Cn1c(C(=O)NC2CCN(CCCCC3(C(=O)NCC(F)(P)P)c4ccccc4-c4ccccc43)C2)cc2ccccc21. The lowest BCUT2D eigenvalue weighted by Crippen LogP contribution is -2.46. The van der Waals surface area contributed by atoms with Crippen LogP contribution in [0.15, 0.2) is 78.9 Å². The summed E-state index contributed by atoms with van der Waals surface area (Å²) < 4.78 is 16.3. The molecule has 9 heteroatoms. The Labute approximate surface area is 257 Å². The first kappa shape index (κ1) is 29.9. The summed E-state index contributed by atoms with van der Waals surface area (Å²) >= 11 is 0. The number of aromatic nitrogens is 1. The van der Waals surface area contributed by atoms with E-state index in [9.17, 15) is 14.0 Å². The van der Waals surface area contributed by atoms with Crippen molar-refractivity contribution in [2.45, 2.75) is 42.3 Å². The molecule has 2 heterocycles. The second kappa shape index (κ2) is 12.1. The Kier molecular flexibility index (Phi) is 8.43. The molecule has 2 amide bonds. The smallest absolute Gasteiger partial charge is 0.268 e. The van der Waals surface area contributed by atoms with Gasteiger partial charge in [-0.25, -0.2) is 4.39 Å². The average molecular weight is 617 g/mol. The molecule has 224 valence electrons. The highest BCUT2D eigenvalue weighted by Gasteiger charge is 2.48. The first-order valence-electron chi connectivity index (χ1n) is 15.0. The molecule has 6 nitrogen and oxygen atoms in total. The van der Waals surface area contributed by atoms with Crippen LogP contribution in [0.2, 0.25) is 0 Å². The third-order valence-electron chi connectivity index (χ3n) is 9.04. The Morgan fingerprint density at radius 1 is 0.977 bits per heavy atom. The third kappa shape index (κ3) is 5.88. The summed E-state index contributed by atoms with van der Waals surface area (Å²) in [7, 11) is 6.21. The third-order valence-corrected chi connectivity index (χ3v) is 9.45. The van der Waals surface area contributed by atoms with Gasteiger partial charge in [-0.3, -0.25) is 9.59 Å². The normalized spacial score (nSPS) is 17.5. The number of hydrogen-bond donors (Lipinski definition) is 2. The lowest BCUT2D eigenvalue weighted by molar-refractivity contribution is -0.125. The number of halogens is 1. The van der Waals surface area contributed by atoms with Crippen molar-refractivity contribution in [3.63, 3.8) is 0 Å². The van der Waals surface area contributed by atoms with E-state index in [1.807, 2.05) is 78.3 Å². The van der Waals surface area contributed by atoms with Crippen LogP contribution in [0.25, 0.3) is 22.0 Å². The second-order valence-electron chi connectivity index (χ2n) is 12.0. The van der Waals surface area contributed by atoms with Crippen LogP contribution in [0.1, 0.15) is 47.3 Å². The summed E-state index contributed by atoms with van der Waals surface area (Å²) in [6.07, 6.45) is 3.30. The van der Waals surface area contributed by atoms with Gasteiger partial charge in [-0.1, -0.05) is 91.6 Å². The minimum absolute atomic E-state index is 0.0367. The average Bonchev–Trinajstić information content (AvgIpc) is 3.67. The van der Waals surface area contributed by atoms with Crippen LogP contribution in [0, 0.1) is 0 Å². The predicted molar refractivity (Wildman–Crippen MR) is 178 cm³/mol. The van der Waals surface area contributed by atoms with Crippen molar-refractivity contribution >= 4 is 41.2 Å². The number of amides is 2. The topological polar surface area (TPSA) is 66.4 Å².